The van der Waals surface area contributed by atoms with Gasteiger partial charge in [-0.2, -0.15) is 4.98 Å². The maximum atomic E-state index is 9.28. The van der Waals surface area contributed by atoms with Crippen LogP contribution in [0.4, 0.5) is 11.9 Å². The van der Waals surface area contributed by atoms with E-state index in [1.54, 1.807) is 0 Å². The predicted octanol–water partition coefficient (Wildman–Crippen LogP) is 0.597. The monoisotopic (exact) mass is 225 g/mol. The van der Waals surface area contributed by atoms with E-state index in [1.165, 1.54) is 12.8 Å². The van der Waals surface area contributed by atoms with Crippen LogP contribution in [-0.4, -0.2) is 33.4 Å². The topological polar surface area (TPSA) is 99.8 Å². The number of aliphatic hydroxyl groups excluding tert-OH is 1. The van der Waals surface area contributed by atoms with Crippen LogP contribution in [0.2, 0.25) is 0 Å². The molecule has 1 fully saturated rings. The van der Waals surface area contributed by atoms with Crippen molar-refractivity contribution in [3.63, 3.8) is 0 Å². The highest BCUT2D eigenvalue weighted by Crippen LogP contribution is 2.29. The molecule has 0 bridgehead atoms. The Kier molecular flexibility index (Phi) is 3.61. The second-order valence-electron chi connectivity index (χ2n) is 4.41. The number of nitrogens with zero attached hydrogens (tertiary/aromatic N) is 2. The first-order valence-electron chi connectivity index (χ1n) is 5.82. The van der Waals surface area contributed by atoms with Crippen LogP contribution in [0.3, 0.4) is 0 Å². The molecule has 1 aliphatic rings. The van der Waals surface area contributed by atoms with Gasteiger partial charge in [0.15, 0.2) is 0 Å². The molecule has 1 aromatic rings. The van der Waals surface area contributed by atoms with E-state index in [4.69, 9.17) is 5.73 Å². The fourth-order valence-corrected chi connectivity index (χ4v) is 2.37. The van der Waals surface area contributed by atoms with E-state index in [0.717, 1.165) is 19.4 Å². The Morgan fingerprint density at radius 3 is 2.75 bits per heavy atom. The van der Waals surface area contributed by atoms with Crippen LogP contribution in [0.15, 0.2) is 0 Å². The largest absolute Gasteiger partial charge is 0.396 e. The van der Waals surface area contributed by atoms with Gasteiger partial charge in [0.05, 0.1) is 0 Å². The zero-order valence-electron chi connectivity index (χ0n) is 9.32. The first-order chi connectivity index (χ1) is 7.79. The number of anilines is 2. The Balaban J connectivity index is 1.84. The van der Waals surface area contributed by atoms with Crippen LogP contribution in [0.5, 0.6) is 0 Å². The van der Waals surface area contributed by atoms with Gasteiger partial charge in [0.1, 0.15) is 0 Å². The van der Waals surface area contributed by atoms with Crippen LogP contribution in [0.25, 0.3) is 0 Å². The fourth-order valence-electron chi connectivity index (χ4n) is 2.37. The van der Waals surface area contributed by atoms with Gasteiger partial charge in [-0.1, -0.05) is 12.8 Å². The van der Waals surface area contributed by atoms with Crippen molar-refractivity contribution < 1.29 is 5.11 Å². The summed E-state index contributed by atoms with van der Waals surface area (Å²) in [4.78, 5) is 3.98. The molecule has 0 saturated heterocycles. The van der Waals surface area contributed by atoms with Crippen molar-refractivity contribution >= 4 is 11.9 Å². The van der Waals surface area contributed by atoms with E-state index < -0.39 is 0 Å². The summed E-state index contributed by atoms with van der Waals surface area (Å²) in [7, 11) is 0. The Bertz CT molecular complexity index is 327. The molecule has 90 valence electrons. The van der Waals surface area contributed by atoms with E-state index in [9.17, 15) is 5.11 Å². The molecular formula is C10H19N5O. The SMILES string of the molecule is Nc1nc(NCC2CCCCC2CO)n[nH]1. The van der Waals surface area contributed by atoms with Gasteiger partial charge in [0, 0.05) is 13.2 Å². The quantitative estimate of drug-likeness (QED) is 0.601. The van der Waals surface area contributed by atoms with Gasteiger partial charge in [0.25, 0.3) is 0 Å². The second kappa shape index (κ2) is 5.16. The Hall–Kier alpha value is -1.30. The first-order valence-corrected chi connectivity index (χ1v) is 5.82. The van der Waals surface area contributed by atoms with Gasteiger partial charge >= 0.3 is 0 Å². The van der Waals surface area contributed by atoms with Crippen molar-refractivity contribution in [2.45, 2.75) is 25.7 Å². The number of nitrogen functional groups attached to an aromatic ring is 1. The number of hydrogen-bond donors (Lipinski definition) is 4. The number of nitrogens with one attached hydrogen (secondary N) is 2. The third-order valence-electron chi connectivity index (χ3n) is 3.33. The van der Waals surface area contributed by atoms with Crippen molar-refractivity contribution in [2.75, 3.05) is 24.2 Å². The number of H-pyrrole nitrogens is 1. The molecule has 0 amide bonds. The number of nitrogens with two attached hydrogens (primary N) is 1. The Labute approximate surface area is 94.6 Å². The highest BCUT2D eigenvalue weighted by atomic mass is 16.3. The molecule has 1 heterocycles. The molecule has 0 aliphatic heterocycles. The van der Waals surface area contributed by atoms with Gasteiger partial charge in [0.2, 0.25) is 11.9 Å². The second-order valence-corrected chi connectivity index (χ2v) is 4.41. The number of hydrogen-bond acceptors (Lipinski definition) is 5. The lowest BCUT2D eigenvalue weighted by molar-refractivity contribution is 0.141. The van der Waals surface area contributed by atoms with Crippen LogP contribution in [-0.2, 0) is 0 Å². The lowest BCUT2D eigenvalue weighted by Crippen LogP contribution is -2.28. The Morgan fingerprint density at radius 2 is 2.12 bits per heavy atom. The minimum Gasteiger partial charge on any atom is -0.396 e. The average molecular weight is 225 g/mol. The maximum Gasteiger partial charge on any atom is 0.243 e. The molecule has 0 spiro atoms. The number of rotatable bonds is 4. The molecule has 0 radical (unpaired) electrons. The van der Waals surface area contributed by atoms with Gasteiger partial charge < -0.3 is 16.2 Å². The first kappa shape index (κ1) is 11.2. The molecule has 5 N–H and O–H groups in total. The number of aliphatic hydroxyl groups is 1. The number of aromatic nitrogens is 3. The minimum atomic E-state index is 0.280. The Morgan fingerprint density at radius 1 is 1.38 bits per heavy atom. The minimum absolute atomic E-state index is 0.280. The molecule has 6 nitrogen and oxygen atoms in total. The third kappa shape index (κ3) is 2.63. The predicted molar refractivity (Wildman–Crippen MR) is 61.8 cm³/mol. The summed E-state index contributed by atoms with van der Waals surface area (Å²) in [5, 5.41) is 18.9. The summed E-state index contributed by atoms with van der Waals surface area (Å²) in [5.74, 6) is 1.79. The van der Waals surface area contributed by atoms with Gasteiger partial charge in [-0.15, -0.1) is 5.10 Å². The lowest BCUT2D eigenvalue weighted by atomic mass is 9.80. The van der Waals surface area contributed by atoms with E-state index in [0.29, 0.717) is 23.7 Å². The fraction of sp³-hybridized carbons (Fsp3) is 0.800. The van der Waals surface area contributed by atoms with Gasteiger partial charge in [-0.05, 0) is 24.7 Å². The molecule has 0 aromatic carbocycles. The third-order valence-corrected chi connectivity index (χ3v) is 3.33. The summed E-state index contributed by atoms with van der Waals surface area (Å²) in [6.07, 6.45) is 4.77. The van der Waals surface area contributed by atoms with Crippen molar-refractivity contribution in [1.29, 1.82) is 0 Å². The molecule has 2 unspecified atom stereocenters. The molecule has 1 saturated carbocycles. The maximum absolute atomic E-state index is 9.28. The van der Waals surface area contributed by atoms with Crippen molar-refractivity contribution in [3.8, 4) is 0 Å². The molecule has 1 aliphatic carbocycles. The van der Waals surface area contributed by atoms with E-state index in [-0.39, 0.29) is 6.61 Å². The molecule has 2 rings (SSSR count). The van der Waals surface area contributed by atoms with E-state index in [2.05, 4.69) is 20.5 Å². The normalized spacial score (nSPS) is 25.6. The van der Waals surface area contributed by atoms with Crippen molar-refractivity contribution in [1.82, 2.24) is 15.2 Å². The molecular weight excluding hydrogens is 206 g/mol. The molecule has 16 heavy (non-hydrogen) atoms. The lowest BCUT2D eigenvalue weighted by Gasteiger charge is -2.30. The van der Waals surface area contributed by atoms with Gasteiger partial charge in [-0.25, -0.2) is 5.10 Å². The summed E-state index contributed by atoms with van der Waals surface area (Å²) in [5.41, 5.74) is 5.43. The van der Waals surface area contributed by atoms with Crippen LogP contribution in [0, 0.1) is 11.8 Å². The summed E-state index contributed by atoms with van der Waals surface area (Å²) in [6.45, 7) is 1.09. The van der Waals surface area contributed by atoms with Crippen LogP contribution >= 0.6 is 0 Å². The summed E-state index contributed by atoms with van der Waals surface area (Å²) >= 11 is 0. The van der Waals surface area contributed by atoms with Crippen LogP contribution < -0.4 is 11.1 Å². The molecule has 2 atom stereocenters. The number of aromatic amines is 1. The van der Waals surface area contributed by atoms with Crippen molar-refractivity contribution in [2.24, 2.45) is 11.8 Å². The van der Waals surface area contributed by atoms with E-state index >= 15 is 0 Å². The average Bonchev–Trinajstić information content (AvgIpc) is 2.73. The summed E-state index contributed by atoms with van der Waals surface area (Å²) in [6, 6.07) is 0. The zero-order valence-corrected chi connectivity index (χ0v) is 9.32. The van der Waals surface area contributed by atoms with Crippen LogP contribution in [0.1, 0.15) is 25.7 Å². The molecule has 6 heteroatoms. The van der Waals surface area contributed by atoms with Gasteiger partial charge in [-0.3, -0.25) is 0 Å². The van der Waals surface area contributed by atoms with Crippen molar-refractivity contribution in [3.05, 3.63) is 0 Å². The van der Waals surface area contributed by atoms with E-state index in [1.807, 2.05) is 0 Å². The smallest absolute Gasteiger partial charge is 0.243 e. The zero-order chi connectivity index (χ0) is 11.4. The standard InChI is InChI=1S/C10H19N5O/c11-9-13-10(15-14-9)12-5-7-3-1-2-4-8(7)6-16/h7-8,16H,1-6H2,(H4,11,12,13,14,15). The highest BCUT2D eigenvalue weighted by molar-refractivity contribution is 5.29. The summed E-state index contributed by atoms with van der Waals surface area (Å²) < 4.78 is 0. The molecule has 1 aromatic heterocycles. The highest BCUT2D eigenvalue weighted by Gasteiger charge is 2.24.